The third-order valence-corrected chi connectivity index (χ3v) is 6.55. The van der Waals surface area contributed by atoms with Crippen LogP contribution in [0.4, 0.5) is 5.69 Å². The van der Waals surface area contributed by atoms with Gasteiger partial charge in [-0.1, -0.05) is 30.3 Å². The molecule has 7 nitrogen and oxygen atoms in total. The van der Waals surface area contributed by atoms with Gasteiger partial charge in [0, 0.05) is 60.3 Å². The number of nitrogens with one attached hydrogen (secondary N) is 1. The van der Waals surface area contributed by atoms with Gasteiger partial charge in [-0.05, 0) is 43.7 Å². The van der Waals surface area contributed by atoms with E-state index < -0.39 is 0 Å². The van der Waals surface area contributed by atoms with Gasteiger partial charge >= 0.3 is 0 Å². The summed E-state index contributed by atoms with van der Waals surface area (Å²) in [7, 11) is 3.28. The molecule has 36 heavy (non-hydrogen) atoms. The zero-order valence-electron chi connectivity index (χ0n) is 21.0. The lowest BCUT2D eigenvalue weighted by atomic mass is 9.99. The molecule has 7 heteroatoms. The van der Waals surface area contributed by atoms with E-state index in [9.17, 15) is 4.79 Å². The van der Waals surface area contributed by atoms with Gasteiger partial charge in [0.15, 0.2) is 0 Å². The van der Waals surface area contributed by atoms with Gasteiger partial charge in [0.2, 0.25) is 0 Å². The van der Waals surface area contributed by atoms with Crippen LogP contribution in [0.15, 0.2) is 67.0 Å². The molecule has 2 atom stereocenters. The van der Waals surface area contributed by atoms with Crippen LogP contribution in [0.25, 0.3) is 33.2 Å². The summed E-state index contributed by atoms with van der Waals surface area (Å²) in [5.74, 6) is 0.561. The minimum Gasteiger partial charge on any atom is -0.495 e. The predicted molar refractivity (Wildman–Crippen MR) is 143 cm³/mol. The molecule has 5 rings (SSSR count). The van der Waals surface area contributed by atoms with E-state index in [1.807, 2.05) is 30.5 Å². The Kier molecular flexibility index (Phi) is 6.57. The van der Waals surface area contributed by atoms with Crippen molar-refractivity contribution in [3.8, 4) is 28.0 Å². The van der Waals surface area contributed by atoms with E-state index >= 15 is 0 Å². The van der Waals surface area contributed by atoms with Crippen LogP contribution < -0.4 is 15.0 Å². The second-order valence-electron chi connectivity index (χ2n) is 9.13. The topological polar surface area (TPSA) is 76.6 Å². The first-order chi connectivity index (χ1) is 17.5. The summed E-state index contributed by atoms with van der Waals surface area (Å²) in [6.45, 7) is 5.99. The van der Waals surface area contributed by atoms with Gasteiger partial charge in [0.25, 0.3) is 5.91 Å². The first kappa shape index (κ1) is 23.8. The largest absolute Gasteiger partial charge is 0.495 e. The number of carbonyl (C=O) groups is 1. The third-order valence-electron chi connectivity index (χ3n) is 6.55. The fourth-order valence-electron chi connectivity index (χ4n) is 4.91. The average Bonchev–Trinajstić information content (AvgIpc) is 2.91. The molecule has 1 aliphatic heterocycles. The molecule has 2 unspecified atom stereocenters. The number of amides is 1. The average molecular weight is 483 g/mol. The molecule has 0 aliphatic carbocycles. The number of pyridine rings is 2. The molecule has 3 heterocycles. The lowest BCUT2D eigenvalue weighted by Gasteiger charge is -2.36. The number of rotatable bonds is 5. The Morgan fingerprint density at radius 1 is 0.944 bits per heavy atom. The molecular formula is C29H30N4O3. The van der Waals surface area contributed by atoms with E-state index in [1.54, 1.807) is 26.4 Å². The molecule has 0 radical (unpaired) electrons. The Hall–Kier alpha value is -3.97. The quantitative estimate of drug-likeness (QED) is 0.434. The number of benzene rings is 2. The van der Waals surface area contributed by atoms with E-state index in [-0.39, 0.29) is 18.1 Å². The molecule has 0 bridgehead atoms. The lowest BCUT2D eigenvalue weighted by Crippen LogP contribution is -2.45. The molecule has 1 aliphatic rings. The number of nitrogens with zero attached hydrogens (tertiary/aromatic N) is 3. The van der Waals surface area contributed by atoms with E-state index in [1.165, 1.54) is 5.69 Å². The highest BCUT2D eigenvalue weighted by Gasteiger charge is 2.22. The molecule has 2 aromatic carbocycles. The number of hydrogen-bond acceptors (Lipinski definition) is 6. The van der Waals surface area contributed by atoms with Crippen LogP contribution in [0.1, 0.15) is 24.3 Å². The number of hydrogen-bond donors (Lipinski definition) is 1. The fourth-order valence-corrected chi connectivity index (χ4v) is 4.91. The second kappa shape index (κ2) is 9.95. The van der Waals surface area contributed by atoms with Crippen LogP contribution in [0, 0.1) is 0 Å². The van der Waals surface area contributed by atoms with E-state index in [2.05, 4.69) is 53.3 Å². The van der Waals surface area contributed by atoms with Gasteiger partial charge in [0.1, 0.15) is 11.4 Å². The molecule has 184 valence electrons. The first-order valence-electron chi connectivity index (χ1n) is 12.1. The van der Waals surface area contributed by atoms with Crippen molar-refractivity contribution in [2.24, 2.45) is 0 Å². The monoisotopic (exact) mass is 482 g/mol. The fraction of sp³-hybridized carbons (Fsp3) is 0.276. The van der Waals surface area contributed by atoms with Gasteiger partial charge in [-0.3, -0.25) is 14.8 Å². The van der Waals surface area contributed by atoms with Crippen LogP contribution in [0.5, 0.6) is 5.75 Å². The number of morpholine rings is 1. The molecule has 4 aromatic rings. The van der Waals surface area contributed by atoms with Gasteiger partial charge in [-0.15, -0.1) is 0 Å². The van der Waals surface area contributed by atoms with Crippen molar-refractivity contribution in [2.75, 3.05) is 32.1 Å². The molecule has 1 amide bonds. The molecule has 0 spiro atoms. The number of anilines is 1. The highest BCUT2D eigenvalue weighted by atomic mass is 16.5. The standard InChI is InChI=1S/C29H30N4O3/c1-18-16-33(17-19(2)36-18)22-11-8-20(9-12-22)25-15-32-27-23(6-5-7-24(27)28(25)35-4)21-10-13-26(31-14-21)29(34)30-3/h5-15,18-19H,16-17H2,1-4H3,(H,30,34). The van der Waals surface area contributed by atoms with Gasteiger partial charge in [-0.2, -0.15) is 0 Å². The van der Waals surface area contributed by atoms with E-state index in [0.29, 0.717) is 5.69 Å². The summed E-state index contributed by atoms with van der Waals surface area (Å²) in [5.41, 5.74) is 6.17. The second-order valence-corrected chi connectivity index (χ2v) is 9.13. The van der Waals surface area contributed by atoms with Crippen molar-refractivity contribution in [3.05, 3.63) is 72.7 Å². The van der Waals surface area contributed by atoms with Crippen LogP contribution in [0.2, 0.25) is 0 Å². The number of fused-ring (bicyclic) bond motifs is 1. The summed E-state index contributed by atoms with van der Waals surface area (Å²) in [6.07, 6.45) is 3.99. The van der Waals surface area contributed by atoms with Crippen molar-refractivity contribution in [1.82, 2.24) is 15.3 Å². The van der Waals surface area contributed by atoms with Gasteiger partial charge < -0.3 is 19.7 Å². The molecule has 1 N–H and O–H groups in total. The highest BCUT2D eigenvalue weighted by molar-refractivity contribution is 6.00. The SMILES string of the molecule is CNC(=O)c1ccc(-c2cccc3c(OC)c(-c4ccc(N5CC(C)OC(C)C5)cc4)cnc23)cn1. The van der Waals surface area contributed by atoms with Crippen LogP contribution >= 0.6 is 0 Å². The maximum atomic E-state index is 11.9. The predicted octanol–water partition coefficient (Wildman–Crippen LogP) is 4.95. The number of carbonyl (C=O) groups excluding carboxylic acids is 1. The van der Waals surface area contributed by atoms with Crippen molar-refractivity contribution in [3.63, 3.8) is 0 Å². The summed E-state index contributed by atoms with van der Waals surface area (Å²) in [5, 5.41) is 3.51. The summed E-state index contributed by atoms with van der Waals surface area (Å²) >= 11 is 0. The Labute approximate surface area is 211 Å². The van der Waals surface area contributed by atoms with Gasteiger partial charge in [0.05, 0.1) is 24.8 Å². The summed E-state index contributed by atoms with van der Waals surface area (Å²) < 4.78 is 11.8. The van der Waals surface area contributed by atoms with Crippen LogP contribution in [-0.4, -0.2) is 55.3 Å². The maximum absolute atomic E-state index is 11.9. The van der Waals surface area contributed by atoms with Crippen LogP contribution in [0.3, 0.4) is 0 Å². The highest BCUT2D eigenvalue weighted by Crippen LogP contribution is 2.39. The van der Waals surface area contributed by atoms with Crippen LogP contribution in [-0.2, 0) is 4.74 Å². The number of ether oxygens (including phenoxy) is 2. The molecule has 2 aromatic heterocycles. The molecular weight excluding hydrogens is 452 g/mol. The minimum absolute atomic E-state index is 0.211. The summed E-state index contributed by atoms with van der Waals surface area (Å²) in [4.78, 5) is 23.4. The van der Waals surface area contributed by atoms with E-state index in [0.717, 1.165) is 52.0 Å². The molecule has 1 saturated heterocycles. The Morgan fingerprint density at radius 3 is 2.31 bits per heavy atom. The van der Waals surface area contributed by atoms with Crippen molar-refractivity contribution >= 4 is 22.5 Å². The van der Waals surface area contributed by atoms with E-state index in [4.69, 9.17) is 14.5 Å². The molecule has 1 fully saturated rings. The Morgan fingerprint density at radius 2 is 1.67 bits per heavy atom. The molecule has 0 saturated carbocycles. The van der Waals surface area contributed by atoms with Crippen molar-refractivity contribution in [2.45, 2.75) is 26.1 Å². The Balaban J connectivity index is 1.50. The smallest absolute Gasteiger partial charge is 0.269 e. The van der Waals surface area contributed by atoms with Crippen molar-refractivity contribution in [1.29, 1.82) is 0 Å². The zero-order chi connectivity index (χ0) is 25.2. The zero-order valence-corrected chi connectivity index (χ0v) is 21.0. The van der Waals surface area contributed by atoms with Gasteiger partial charge in [-0.25, -0.2) is 0 Å². The number of aromatic nitrogens is 2. The lowest BCUT2D eigenvalue weighted by molar-refractivity contribution is -0.00521. The number of methoxy groups -OCH3 is 1. The normalized spacial score (nSPS) is 17.7. The first-order valence-corrected chi connectivity index (χ1v) is 12.1. The van der Waals surface area contributed by atoms with Crippen molar-refractivity contribution < 1.29 is 14.3 Å². The minimum atomic E-state index is -0.215. The summed E-state index contributed by atoms with van der Waals surface area (Å²) in [6, 6.07) is 18.2. The maximum Gasteiger partial charge on any atom is 0.269 e. The third kappa shape index (κ3) is 4.50. The Bertz CT molecular complexity index is 1380. The number of para-hydroxylation sites is 1.